The highest BCUT2D eigenvalue weighted by atomic mass is 16.6. The van der Waals surface area contributed by atoms with Gasteiger partial charge in [-0.1, -0.05) is 36.6 Å². The lowest BCUT2D eigenvalue weighted by molar-refractivity contribution is -0.236. The van der Waals surface area contributed by atoms with Gasteiger partial charge in [0, 0.05) is 10.8 Å². The van der Waals surface area contributed by atoms with Crippen LogP contribution < -0.4 is 0 Å². The van der Waals surface area contributed by atoms with Gasteiger partial charge >= 0.3 is 11.9 Å². The summed E-state index contributed by atoms with van der Waals surface area (Å²) in [4.78, 5) is 28.0. The zero-order valence-corrected chi connectivity index (χ0v) is 27.4. The molecule has 264 valence electrons. The zero-order valence-electron chi connectivity index (χ0n) is 27.4. The molecule has 0 aromatic rings. The summed E-state index contributed by atoms with van der Waals surface area (Å²) in [6, 6.07) is 0. The van der Waals surface area contributed by atoms with Crippen molar-refractivity contribution >= 4 is 11.9 Å². The monoisotopic (exact) mass is 635 g/mol. The van der Waals surface area contributed by atoms with Gasteiger partial charge in [-0.15, -0.1) is 0 Å². The van der Waals surface area contributed by atoms with Gasteiger partial charge in [-0.2, -0.15) is 0 Å². The van der Waals surface area contributed by atoms with Gasteiger partial charge in [0.25, 0.3) is 0 Å². The lowest BCUT2D eigenvalue weighted by Crippen LogP contribution is -2.63. The molecule has 0 amide bonds. The zero-order chi connectivity index (χ0) is 29.9. The van der Waals surface area contributed by atoms with Crippen LogP contribution in [0.15, 0.2) is 0 Å². The highest BCUT2D eigenvalue weighted by Gasteiger charge is 2.64. The van der Waals surface area contributed by atoms with E-state index in [1.165, 1.54) is 44.9 Å². The molecule has 0 aliphatic heterocycles. The largest absolute Gasteiger partial charge is 0.459 e. The summed E-state index contributed by atoms with van der Waals surface area (Å²) in [5.41, 5.74) is -3.48. The van der Waals surface area contributed by atoms with E-state index in [0.29, 0.717) is 24.7 Å². The molecule has 8 aliphatic rings. The Morgan fingerprint density at radius 2 is 1.00 bits per heavy atom. The summed E-state index contributed by atoms with van der Waals surface area (Å²) in [7, 11) is 0. The van der Waals surface area contributed by atoms with Gasteiger partial charge < -0.3 is 14.6 Å². The first kappa shape index (κ1) is 40.1. The SMILES string of the molecule is C.C.C.C.CCC(C)(CC(C)(C)C(=O)OC(C)(C)C12CC3CC(CC(O)(C3)C1)C2)C(=O)OC(C)(C)C12CC3CC(CC(C3)C1)C2. The minimum atomic E-state index is -0.842. The maximum Gasteiger partial charge on any atom is 0.312 e. The predicted molar refractivity (Wildman–Crippen MR) is 187 cm³/mol. The lowest BCUT2D eigenvalue weighted by Gasteiger charge is -2.64. The van der Waals surface area contributed by atoms with Gasteiger partial charge in [0.2, 0.25) is 0 Å². The van der Waals surface area contributed by atoms with E-state index < -0.39 is 27.6 Å². The molecular formula is C40H74O5. The normalized spacial score (nSPS) is 38.9. The predicted octanol–water partition coefficient (Wildman–Crippen LogP) is 10.6. The van der Waals surface area contributed by atoms with Crippen molar-refractivity contribution in [3.05, 3.63) is 0 Å². The fraction of sp³-hybridized carbons (Fsp3) is 0.950. The molecule has 8 fully saturated rings. The summed E-state index contributed by atoms with van der Waals surface area (Å²) < 4.78 is 13.0. The van der Waals surface area contributed by atoms with Crippen molar-refractivity contribution in [1.29, 1.82) is 0 Å². The van der Waals surface area contributed by atoms with Crippen LogP contribution in [0.5, 0.6) is 0 Å². The maximum absolute atomic E-state index is 14.1. The number of esters is 2. The van der Waals surface area contributed by atoms with Gasteiger partial charge in [0.15, 0.2) is 0 Å². The Morgan fingerprint density at radius 3 is 1.42 bits per heavy atom. The maximum atomic E-state index is 14.1. The standard InChI is InChI=1S/C36H58O5.4CH4/c1-9-33(8,29(38)41-31(4,5)34-14-23-10-24(15-34)12-25(11-23)16-34)21-30(2,3)28(37)40-32(6,7)35-17-26-13-27(18-35)20-36(39,19-26)22-35;;;;/h23-27,39H,9-22H2,1-8H3;4*1H4. The van der Waals surface area contributed by atoms with Gasteiger partial charge in [-0.05, 0) is 168 Å². The quantitative estimate of drug-likeness (QED) is 0.256. The Kier molecular flexibility index (Phi) is 11.1. The van der Waals surface area contributed by atoms with Crippen LogP contribution in [0.3, 0.4) is 0 Å². The summed E-state index contributed by atoms with van der Waals surface area (Å²) in [5.74, 6) is 3.04. The fourth-order valence-electron chi connectivity index (χ4n) is 12.1. The van der Waals surface area contributed by atoms with E-state index in [1.807, 2.05) is 27.7 Å². The molecule has 0 aromatic heterocycles. The van der Waals surface area contributed by atoms with E-state index in [4.69, 9.17) is 9.47 Å². The van der Waals surface area contributed by atoms with E-state index in [2.05, 4.69) is 27.7 Å². The number of aliphatic hydroxyl groups is 1. The molecular weight excluding hydrogens is 560 g/mol. The molecule has 3 unspecified atom stereocenters. The Bertz CT molecular complexity index is 1030. The molecule has 3 atom stereocenters. The average Bonchev–Trinajstić information content (AvgIpc) is 2.80. The van der Waals surface area contributed by atoms with Crippen molar-refractivity contribution in [2.45, 2.75) is 192 Å². The van der Waals surface area contributed by atoms with Crippen LogP contribution in [0.25, 0.3) is 0 Å². The van der Waals surface area contributed by atoms with Gasteiger partial charge in [0.1, 0.15) is 11.2 Å². The van der Waals surface area contributed by atoms with E-state index >= 15 is 0 Å². The highest BCUT2D eigenvalue weighted by Crippen LogP contribution is 2.66. The molecule has 5 nitrogen and oxygen atoms in total. The molecule has 0 radical (unpaired) electrons. The Hall–Kier alpha value is -1.10. The summed E-state index contributed by atoms with van der Waals surface area (Å²) in [5, 5.41) is 11.3. The number of rotatable bonds is 9. The van der Waals surface area contributed by atoms with Crippen molar-refractivity contribution in [1.82, 2.24) is 0 Å². The average molecular weight is 635 g/mol. The van der Waals surface area contributed by atoms with Crippen LogP contribution >= 0.6 is 0 Å². The van der Waals surface area contributed by atoms with Crippen LogP contribution in [-0.2, 0) is 19.1 Å². The summed E-state index contributed by atoms with van der Waals surface area (Å²) >= 11 is 0. The molecule has 8 rings (SSSR count). The van der Waals surface area contributed by atoms with Crippen LogP contribution in [-0.4, -0.2) is 33.8 Å². The van der Waals surface area contributed by atoms with Crippen LogP contribution in [0.1, 0.15) is 175 Å². The second-order valence-corrected chi connectivity index (χ2v) is 18.4. The van der Waals surface area contributed by atoms with Crippen LogP contribution in [0.4, 0.5) is 0 Å². The molecule has 8 bridgehead atoms. The highest BCUT2D eigenvalue weighted by molar-refractivity contribution is 5.81. The second-order valence-electron chi connectivity index (χ2n) is 18.4. The molecule has 8 saturated carbocycles. The molecule has 0 heterocycles. The molecule has 8 aliphatic carbocycles. The number of carbonyl (C=O) groups is 2. The number of hydrogen-bond acceptors (Lipinski definition) is 5. The Labute approximate surface area is 278 Å². The van der Waals surface area contributed by atoms with Gasteiger partial charge in [0.05, 0.1) is 16.4 Å². The first-order chi connectivity index (χ1) is 18.8. The minimum absolute atomic E-state index is 0. The molecule has 0 spiro atoms. The van der Waals surface area contributed by atoms with E-state index in [0.717, 1.165) is 49.9 Å². The van der Waals surface area contributed by atoms with Crippen molar-refractivity contribution in [3.8, 4) is 0 Å². The Morgan fingerprint density at radius 1 is 0.622 bits per heavy atom. The van der Waals surface area contributed by atoms with Crippen LogP contribution in [0.2, 0.25) is 0 Å². The third-order valence-electron chi connectivity index (χ3n) is 14.0. The van der Waals surface area contributed by atoms with E-state index in [-0.39, 0.29) is 52.5 Å². The molecule has 0 saturated heterocycles. The van der Waals surface area contributed by atoms with Gasteiger partial charge in [-0.25, -0.2) is 0 Å². The van der Waals surface area contributed by atoms with Crippen LogP contribution in [0, 0.1) is 51.2 Å². The number of carbonyl (C=O) groups excluding carboxylic acids is 2. The van der Waals surface area contributed by atoms with Crippen molar-refractivity contribution in [2.75, 3.05) is 0 Å². The Balaban J connectivity index is 0.00000176. The molecule has 5 heteroatoms. The summed E-state index contributed by atoms with van der Waals surface area (Å²) in [6.07, 6.45) is 14.5. The number of ether oxygens (including phenoxy) is 2. The van der Waals surface area contributed by atoms with E-state index in [1.54, 1.807) is 0 Å². The first-order valence-corrected chi connectivity index (χ1v) is 17.0. The third-order valence-corrected chi connectivity index (χ3v) is 14.0. The second kappa shape index (κ2) is 12.4. The third kappa shape index (κ3) is 6.52. The molecule has 1 N–H and O–H groups in total. The number of hydrogen-bond donors (Lipinski definition) is 1. The minimum Gasteiger partial charge on any atom is -0.459 e. The molecule has 45 heavy (non-hydrogen) atoms. The smallest absolute Gasteiger partial charge is 0.312 e. The van der Waals surface area contributed by atoms with Crippen molar-refractivity contribution < 1.29 is 24.2 Å². The fourth-order valence-corrected chi connectivity index (χ4v) is 12.1. The lowest BCUT2D eigenvalue weighted by atomic mass is 9.44. The molecule has 0 aromatic carbocycles. The summed E-state index contributed by atoms with van der Waals surface area (Å²) in [6.45, 7) is 16.4. The van der Waals surface area contributed by atoms with Crippen molar-refractivity contribution in [3.63, 3.8) is 0 Å². The first-order valence-electron chi connectivity index (χ1n) is 17.0. The topological polar surface area (TPSA) is 72.8 Å². The van der Waals surface area contributed by atoms with E-state index in [9.17, 15) is 14.7 Å². The van der Waals surface area contributed by atoms with Crippen molar-refractivity contribution in [2.24, 2.45) is 51.2 Å². The van der Waals surface area contributed by atoms with Gasteiger partial charge in [-0.3, -0.25) is 9.59 Å².